The van der Waals surface area contributed by atoms with Gasteiger partial charge >= 0.3 is 5.97 Å². The van der Waals surface area contributed by atoms with Crippen LogP contribution in [0.2, 0.25) is 0 Å². The third kappa shape index (κ3) is 5.74. The molecule has 1 N–H and O–H groups in total. The first kappa shape index (κ1) is 14.4. The zero-order chi connectivity index (χ0) is 12.0. The summed E-state index contributed by atoms with van der Waals surface area (Å²) in [6, 6.07) is -0.368. The second-order valence-electron chi connectivity index (χ2n) is 4.66. The number of rotatable bonds is 7. The van der Waals surface area contributed by atoms with Crippen LogP contribution in [0.1, 0.15) is 20.3 Å². The third-order valence-electron chi connectivity index (χ3n) is 2.48. The number of carboxylic acid groups (broad SMARTS) is 1. The van der Waals surface area contributed by atoms with Crippen molar-refractivity contribution in [3.63, 3.8) is 0 Å². The van der Waals surface area contributed by atoms with E-state index in [2.05, 4.69) is 4.90 Å². The highest BCUT2D eigenvalue weighted by Gasteiger charge is 2.25. The van der Waals surface area contributed by atoms with Gasteiger partial charge in [0.1, 0.15) is 6.04 Å². The van der Waals surface area contributed by atoms with Crippen molar-refractivity contribution >= 4 is 5.97 Å². The lowest BCUT2D eigenvalue weighted by Gasteiger charge is -2.27. The van der Waals surface area contributed by atoms with E-state index in [1.54, 1.807) is 0 Å². The van der Waals surface area contributed by atoms with Crippen molar-refractivity contribution in [2.75, 3.05) is 34.2 Å². The fourth-order valence-electron chi connectivity index (χ4n) is 1.76. The second-order valence-corrected chi connectivity index (χ2v) is 4.66. The highest BCUT2D eigenvalue weighted by molar-refractivity contribution is 5.73. The molecule has 0 spiro atoms. The molecule has 0 heterocycles. The van der Waals surface area contributed by atoms with Gasteiger partial charge < -0.3 is 10.0 Å². The number of hydrogen-bond acceptors (Lipinski definition) is 3. The van der Waals surface area contributed by atoms with Crippen molar-refractivity contribution in [1.82, 2.24) is 9.80 Å². The van der Waals surface area contributed by atoms with Crippen molar-refractivity contribution in [2.24, 2.45) is 5.92 Å². The molecule has 0 amide bonds. The molecule has 0 saturated heterocycles. The van der Waals surface area contributed by atoms with Crippen LogP contribution in [0.4, 0.5) is 0 Å². The van der Waals surface area contributed by atoms with Gasteiger partial charge in [0.05, 0.1) is 0 Å². The lowest BCUT2D eigenvalue weighted by molar-refractivity contribution is -0.144. The fraction of sp³-hybridized carbons (Fsp3) is 0.909. The molecule has 0 aliphatic rings. The SMILES string of the molecule is CC(C)C(C(=O)O)N(C)CCCN(C)C. The molecular weight excluding hydrogens is 192 g/mol. The highest BCUT2D eigenvalue weighted by Crippen LogP contribution is 2.09. The monoisotopic (exact) mass is 216 g/mol. The molecule has 0 fully saturated rings. The molecule has 0 aliphatic heterocycles. The standard InChI is InChI=1S/C11H24N2O2/c1-9(2)10(11(14)15)13(5)8-6-7-12(3)4/h9-10H,6-8H2,1-5H3,(H,14,15). The summed E-state index contributed by atoms with van der Waals surface area (Å²) in [4.78, 5) is 15.1. The van der Waals surface area contributed by atoms with Gasteiger partial charge in [-0.1, -0.05) is 13.8 Å². The Balaban J connectivity index is 4.04. The molecule has 0 aromatic carbocycles. The second kappa shape index (κ2) is 6.80. The Hall–Kier alpha value is -0.610. The number of hydrogen-bond donors (Lipinski definition) is 1. The molecule has 0 bridgehead atoms. The Labute approximate surface area is 92.9 Å². The Bertz CT molecular complexity index is 193. The number of aliphatic carboxylic acids is 1. The smallest absolute Gasteiger partial charge is 0.321 e. The normalized spacial score (nSPS) is 13.9. The van der Waals surface area contributed by atoms with Crippen LogP contribution < -0.4 is 0 Å². The molecule has 0 rings (SSSR count). The Morgan fingerprint density at radius 2 is 1.73 bits per heavy atom. The first-order valence-corrected chi connectivity index (χ1v) is 5.44. The van der Waals surface area contributed by atoms with Crippen molar-refractivity contribution in [3.8, 4) is 0 Å². The number of nitrogens with zero attached hydrogens (tertiary/aromatic N) is 2. The molecule has 4 nitrogen and oxygen atoms in total. The number of likely N-dealkylation sites (N-methyl/N-ethyl adjacent to an activating group) is 1. The molecule has 4 heteroatoms. The van der Waals surface area contributed by atoms with Crippen LogP contribution in [0.5, 0.6) is 0 Å². The summed E-state index contributed by atoms with van der Waals surface area (Å²) in [6.45, 7) is 5.71. The third-order valence-corrected chi connectivity index (χ3v) is 2.48. The van der Waals surface area contributed by atoms with Gasteiger partial charge in [-0.25, -0.2) is 0 Å². The molecule has 0 aliphatic carbocycles. The highest BCUT2D eigenvalue weighted by atomic mass is 16.4. The van der Waals surface area contributed by atoms with E-state index in [-0.39, 0.29) is 12.0 Å². The molecule has 1 atom stereocenters. The summed E-state index contributed by atoms with van der Waals surface area (Å²) in [5, 5.41) is 9.07. The average molecular weight is 216 g/mol. The van der Waals surface area contributed by atoms with Crippen LogP contribution in [0.25, 0.3) is 0 Å². The quantitative estimate of drug-likeness (QED) is 0.689. The summed E-state index contributed by atoms with van der Waals surface area (Å²) < 4.78 is 0. The maximum Gasteiger partial charge on any atom is 0.321 e. The zero-order valence-corrected chi connectivity index (χ0v) is 10.5. The van der Waals surface area contributed by atoms with Crippen molar-refractivity contribution in [2.45, 2.75) is 26.3 Å². The van der Waals surface area contributed by atoms with E-state index in [0.29, 0.717) is 0 Å². The van der Waals surface area contributed by atoms with Gasteiger partial charge in [0.15, 0.2) is 0 Å². The van der Waals surface area contributed by atoms with Gasteiger partial charge in [-0.2, -0.15) is 0 Å². The van der Waals surface area contributed by atoms with Gasteiger partial charge in [0, 0.05) is 0 Å². The summed E-state index contributed by atoms with van der Waals surface area (Å²) in [5.74, 6) is -0.579. The van der Waals surface area contributed by atoms with Gasteiger partial charge in [-0.15, -0.1) is 0 Å². The van der Waals surface area contributed by atoms with Crippen molar-refractivity contribution < 1.29 is 9.90 Å². The van der Waals surface area contributed by atoms with Gasteiger partial charge in [0.2, 0.25) is 0 Å². The number of carbonyl (C=O) groups is 1. The van der Waals surface area contributed by atoms with E-state index in [1.807, 2.05) is 39.9 Å². The van der Waals surface area contributed by atoms with Crippen LogP contribution >= 0.6 is 0 Å². The zero-order valence-electron chi connectivity index (χ0n) is 10.5. The van der Waals surface area contributed by atoms with Gasteiger partial charge in [-0.05, 0) is 46.6 Å². The first-order chi connectivity index (χ1) is 6.86. The van der Waals surface area contributed by atoms with Crippen molar-refractivity contribution in [1.29, 1.82) is 0 Å². The Kier molecular flexibility index (Phi) is 6.52. The maximum atomic E-state index is 11.0. The van der Waals surface area contributed by atoms with Crippen LogP contribution in [0.15, 0.2) is 0 Å². The van der Waals surface area contributed by atoms with Crippen LogP contribution in [-0.4, -0.2) is 61.2 Å². The van der Waals surface area contributed by atoms with Crippen LogP contribution in [0.3, 0.4) is 0 Å². The van der Waals surface area contributed by atoms with E-state index >= 15 is 0 Å². The van der Waals surface area contributed by atoms with Gasteiger partial charge in [-0.3, -0.25) is 9.69 Å². The molecule has 15 heavy (non-hydrogen) atoms. The summed E-state index contributed by atoms with van der Waals surface area (Å²) in [6.07, 6.45) is 1.00. The summed E-state index contributed by atoms with van der Waals surface area (Å²) in [7, 11) is 5.93. The van der Waals surface area contributed by atoms with E-state index in [9.17, 15) is 4.79 Å². The first-order valence-electron chi connectivity index (χ1n) is 5.44. The summed E-state index contributed by atoms with van der Waals surface area (Å²) >= 11 is 0. The minimum absolute atomic E-state index is 0.145. The molecule has 90 valence electrons. The Morgan fingerprint density at radius 3 is 2.07 bits per heavy atom. The molecule has 1 unspecified atom stereocenters. The lowest BCUT2D eigenvalue weighted by Crippen LogP contribution is -2.43. The predicted molar refractivity (Wildman–Crippen MR) is 62.1 cm³/mol. The largest absolute Gasteiger partial charge is 0.480 e. The molecular formula is C11H24N2O2. The van der Waals surface area contributed by atoms with Gasteiger partial charge in [0.25, 0.3) is 0 Å². The lowest BCUT2D eigenvalue weighted by atomic mass is 10.0. The van der Waals surface area contributed by atoms with Crippen LogP contribution in [-0.2, 0) is 4.79 Å². The minimum atomic E-state index is -0.725. The molecule has 0 aromatic heterocycles. The number of carboxylic acids is 1. The van der Waals surface area contributed by atoms with Crippen molar-refractivity contribution in [3.05, 3.63) is 0 Å². The minimum Gasteiger partial charge on any atom is -0.480 e. The molecule has 0 aromatic rings. The fourth-order valence-corrected chi connectivity index (χ4v) is 1.76. The maximum absolute atomic E-state index is 11.0. The van der Waals surface area contributed by atoms with E-state index < -0.39 is 5.97 Å². The average Bonchev–Trinajstić information content (AvgIpc) is 2.01. The summed E-state index contributed by atoms with van der Waals surface area (Å²) in [5.41, 5.74) is 0. The van der Waals surface area contributed by atoms with E-state index in [1.165, 1.54) is 0 Å². The Morgan fingerprint density at radius 1 is 1.20 bits per heavy atom. The topological polar surface area (TPSA) is 43.8 Å². The van der Waals surface area contributed by atoms with E-state index in [0.717, 1.165) is 19.5 Å². The molecule has 0 saturated carbocycles. The van der Waals surface area contributed by atoms with Crippen LogP contribution in [0, 0.1) is 5.92 Å². The molecule has 0 radical (unpaired) electrons. The van der Waals surface area contributed by atoms with E-state index in [4.69, 9.17) is 5.11 Å². The predicted octanol–water partition coefficient (Wildman–Crippen LogP) is 0.979.